The van der Waals surface area contributed by atoms with Gasteiger partial charge in [-0.3, -0.25) is 0 Å². The highest BCUT2D eigenvalue weighted by molar-refractivity contribution is 5.68. The summed E-state index contributed by atoms with van der Waals surface area (Å²) in [7, 11) is 0. The van der Waals surface area contributed by atoms with Gasteiger partial charge in [0.15, 0.2) is 6.10 Å². The molecule has 2 N–H and O–H groups in total. The van der Waals surface area contributed by atoms with Crippen molar-refractivity contribution in [3.63, 3.8) is 0 Å². The van der Waals surface area contributed by atoms with Crippen LogP contribution < -0.4 is 5.32 Å². The summed E-state index contributed by atoms with van der Waals surface area (Å²) in [6.45, 7) is 4.76. The van der Waals surface area contributed by atoms with Gasteiger partial charge in [0, 0.05) is 0 Å². The molecule has 1 rings (SSSR count). The van der Waals surface area contributed by atoms with Gasteiger partial charge in [-0.2, -0.15) is 13.2 Å². The van der Waals surface area contributed by atoms with Crippen LogP contribution in [-0.2, 0) is 4.74 Å². The van der Waals surface area contributed by atoms with Gasteiger partial charge in [-0.1, -0.05) is 30.3 Å². The van der Waals surface area contributed by atoms with Gasteiger partial charge in [0.25, 0.3) is 0 Å². The Morgan fingerprint density at radius 1 is 1.19 bits per heavy atom. The Bertz CT molecular complexity index is 469. The van der Waals surface area contributed by atoms with E-state index in [-0.39, 0.29) is 5.56 Å². The average molecular weight is 305 g/mol. The molecule has 0 aliphatic heterocycles. The maximum atomic E-state index is 12.7. The predicted octanol–water partition coefficient (Wildman–Crippen LogP) is 3.18. The number of benzene rings is 1. The number of halogens is 3. The van der Waals surface area contributed by atoms with Crippen LogP contribution in [0.15, 0.2) is 30.3 Å². The standard InChI is InChI=1S/C14H18F3NO3/c1-13(2,3)21-12(20)18-10(11(19)14(15,16)17)9-7-5-4-6-8-9/h4-8,10-11,19H,1-3H3,(H,18,20)/t10-,11-/m1/s1. The topological polar surface area (TPSA) is 58.6 Å². The lowest BCUT2D eigenvalue weighted by atomic mass is 10.0. The first-order valence-electron chi connectivity index (χ1n) is 6.30. The first-order chi connectivity index (χ1) is 9.50. The molecule has 1 aromatic carbocycles. The number of carbonyl (C=O) groups is 1. The Morgan fingerprint density at radius 3 is 2.14 bits per heavy atom. The number of ether oxygens (including phenoxy) is 1. The second kappa shape index (κ2) is 6.34. The molecule has 1 aromatic rings. The number of aliphatic hydroxyl groups excluding tert-OH is 1. The first-order valence-corrected chi connectivity index (χ1v) is 6.30. The van der Waals surface area contributed by atoms with Crippen LogP contribution in [0.5, 0.6) is 0 Å². The van der Waals surface area contributed by atoms with Crippen LogP contribution in [0.3, 0.4) is 0 Å². The summed E-state index contributed by atoms with van der Waals surface area (Å²) in [5.74, 6) is 0. The molecule has 1 amide bonds. The number of amides is 1. The van der Waals surface area contributed by atoms with Crippen LogP contribution >= 0.6 is 0 Å². The number of aliphatic hydroxyl groups is 1. The molecule has 0 fully saturated rings. The van der Waals surface area contributed by atoms with E-state index >= 15 is 0 Å². The summed E-state index contributed by atoms with van der Waals surface area (Å²) in [6.07, 6.45) is -8.62. The van der Waals surface area contributed by atoms with Crippen molar-refractivity contribution in [3.05, 3.63) is 35.9 Å². The fraction of sp³-hybridized carbons (Fsp3) is 0.500. The maximum Gasteiger partial charge on any atom is 0.416 e. The van der Waals surface area contributed by atoms with Gasteiger partial charge in [0.05, 0.1) is 6.04 Å². The first kappa shape index (κ1) is 17.3. The molecule has 0 saturated heterocycles. The average Bonchev–Trinajstić information content (AvgIpc) is 2.33. The quantitative estimate of drug-likeness (QED) is 0.901. The van der Waals surface area contributed by atoms with Crippen molar-refractivity contribution in [2.24, 2.45) is 0 Å². The van der Waals surface area contributed by atoms with Crippen LogP contribution in [0.1, 0.15) is 32.4 Å². The molecule has 0 heterocycles. The monoisotopic (exact) mass is 305 g/mol. The van der Waals surface area contributed by atoms with E-state index in [0.29, 0.717) is 0 Å². The number of rotatable bonds is 3. The lowest BCUT2D eigenvalue weighted by Gasteiger charge is -2.28. The van der Waals surface area contributed by atoms with Crippen LogP contribution in [-0.4, -0.2) is 29.1 Å². The fourth-order valence-electron chi connectivity index (χ4n) is 1.63. The summed E-state index contributed by atoms with van der Waals surface area (Å²) in [5, 5.41) is 11.5. The van der Waals surface area contributed by atoms with Crippen molar-refractivity contribution in [1.82, 2.24) is 5.32 Å². The van der Waals surface area contributed by atoms with Crippen molar-refractivity contribution in [3.8, 4) is 0 Å². The van der Waals surface area contributed by atoms with Gasteiger partial charge in [0.2, 0.25) is 0 Å². The number of nitrogens with one attached hydrogen (secondary N) is 1. The van der Waals surface area contributed by atoms with E-state index in [0.717, 1.165) is 0 Å². The zero-order valence-corrected chi connectivity index (χ0v) is 11.9. The Balaban J connectivity index is 2.96. The summed E-state index contributed by atoms with van der Waals surface area (Å²) in [6, 6.07) is 5.79. The lowest BCUT2D eigenvalue weighted by Crippen LogP contribution is -2.45. The van der Waals surface area contributed by atoms with Gasteiger partial charge >= 0.3 is 12.3 Å². The molecular formula is C14H18F3NO3. The van der Waals surface area contributed by atoms with Gasteiger partial charge in [0.1, 0.15) is 5.60 Å². The van der Waals surface area contributed by atoms with Gasteiger partial charge in [-0.05, 0) is 26.3 Å². The van der Waals surface area contributed by atoms with Crippen molar-refractivity contribution in [2.75, 3.05) is 0 Å². The second-order valence-electron chi connectivity index (χ2n) is 5.52. The van der Waals surface area contributed by atoms with E-state index in [1.807, 2.05) is 0 Å². The SMILES string of the molecule is CC(C)(C)OC(=O)N[C@H](c1ccccc1)[C@@H](O)C(F)(F)F. The summed E-state index contributed by atoms with van der Waals surface area (Å²) >= 11 is 0. The third-order valence-electron chi connectivity index (χ3n) is 2.48. The van der Waals surface area contributed by atoms with Gasteiger partial charge < -0.3 is 15.2 Å². The van der Waals surface area contributed by atoms with Crippen molar-refractivity contribution in [2.45, 2.75) is 44.7 Å². The summed E-state index contributed by atoms with van der Waals surface area (Å²) in [5.41, 5.74) is -0.720. The molecule has 0 spiro atoms. The van der Waals surface area contributed by atoms with Gasteiger partial charge in [-0.15, -0.1) is 0 Å². The molecule has 0 aliphatic rings. The Labute approximate surface area is 120 Å². The molecular weight excluding hydrogens is 287 g/mol. The highest BCUT2D eigenvalue weighted by atomic mass is 19.4. The van der Waals surface area contributed by atoms with E-state index < -0.39 is 30.0 Å². The lowest BCUT2D eigenvalue weighted by molar-refractivity contribution is -0.212. The van der Waals surface area contributed by atoms with E-state index in [4.69, 9.17) is 4.74 Å². The Morgan fingerprint density at radius 2 is 1.71 bits per heavy atom. The van der Waals surface area contributed by atoms with E-state index in [2.05, 4.69) is 5.32 Å². The highest BCUT2D eigenvalue weighted by Crippen LogP contribution is 2.30. The number of alkyl halides is 3. The highest BCUT2D eigenvalue weighted by Gasteiger charge is 2.45. The third-order valence-corrected chi connectivity index (χ3v) is 2.48. The molecule has 7 heteroatoms. The summed E-state index contributed by atoms with van der Waals surface area (Å²) < 4.78 is 43.1. The number of carbonyl (C=O) groups excluding carboxylic acids is 1. The second-order valence-corrected chi connectivity index (χ2v) is 5.52. The molecule has 4 nitrogen and oxygen atoms in total. The minimum atomic E-state index is -4.87. The fourth-order valence-corrected chi connectivity index (χ4v) is 1.63. The number of hydrogen-bond acceptors (Lipinski definition) is 3. The molecule has 0 radical (unpaired) electrons. The largest absolute Gasteiger partial charge is 0.444 e. The van der Waals surface area contributed by atoms with Crippen LogP contribution in [0.4, 0.5) is 18.0 Å². The summed E-state index contributed by atoms with van der Waals surface area (Å²) in [4.78, 5) is 11.7. The normalized spacial score (nSPS) is 15.2. The molecule has 118 valence electrons. The zero-order chi connectivity index (χ0) is 16.3. The maximum absolute atomic E-state index is 12.7. The van der Waals surface area contributed by atoms with Crippen LogP contribution in [0.25, 0.3) is 0 Å². The zero-order valence-electron chi connectivity index (χ0n) is 11.9. The van der Waals surface area contributed by atoms with Gasteiger partial charge in [-0.25, -0.2) is 4.79 Å². The molecule has 0 aromatic heterocycles. The minimum absolute atomic E-state index is 0.133. The predicted molar refractivity (Wildman–Crippen MR) is 70.6 cm³/mol. The van der Waals surface area contributed by atoms with E-state index in [9.17, 15) is 23.1 Å². The Kier molecular flexibility index (Phi) is 5.22. The van der Waals surface area contributed by atoms with Crippen LogP contribution in [0.2, 0.25) is 0 Å². The number of hydrogen-bond donors (Lipinski definition) is 2. The number of alkyl carbamates (subject to hydrolysis) is 1. The molecule has 0 bridgehead atoms. The smallest absolute Gasteiger partial charge is 0.416 e. The van der Waals surface area contributed by atoms with E-state index in [1.165, 1.54) is 24.3 Å². The Hall–Kier alpha value is -1.76. The molecule has 2 atom stereocenters. The molecule has 0 aliphatic carbocycles. The molecule has 0 unspecified atom stereocenters. The minimum Gasteiger partial charge on any atom is -0.444 e. The van der Waals surface area contributed by atoms with Crippen LogP contribution in [0, 0.1) is 0 Å². The van der Waals surface area contributed by atoms with Crippen molar-refractivity contribution < 1.29 is 27.8 Å². The third kappa shape index (κ3) is 5.63. The van der Waals surface area contributed by atoms with Crippen molar-refractivity contribution in [1.29, 1.82) is 0 Å². The van der Waals surface area contributed by atoms with E-state index in [1.54, 1.807) is 26.8 Å². The van der Waals surface area contributed by atoms with Crippen molar-refractivity contribution >= 4 is 6.09 Å². The molecule has 21 heavy (non-hydrogen) atoms. The molecule has 0 saturated carbocycles.